The van der Waals surface area contributed by atoms with E-state index in [1.807, 2.05) is 0 Å². The first kappa shape index (κ1) is 24.7. The zero-order chi connectivity index (χ0) is 21.9. The number of carbonyl (C=O) groups is 1. The molecule has 2 N–H and O–H groups in total. The highest BCUT2D eigenvalue weighted by Crippen LogP contribution is 2.29. The number of hydrogen-bond donors (Lipinski definition) is 2. The molecule has 0 spiro atoms. The summed E-state index contributed by atoms with van der Waals surface area (Å²) in [5, 5.41) is 11.2. The molecule has 0 saturated heterocycles. The van der Waals surface area contributed by atoms with Gasteiger partial charge in [-0.25, -0.2) is 0 Å². The molecule has 1 unspecified atom stereocenters. The van der Waals surface area contributed by atoms with Crippen molar-refractivity contribution in [2.75, 3.05) is 19.6 Å². The largest absolute Gasteiger partial charge is 0.347 e. The van der Waals surface area contributed by atoms with Gasteiger partial charge in [-0.15, -0.1) is 0 Å². The molecular formula is C23H34Cl2N4O. The Bertz CT molecular complexity index is 783. The lowest BCUT2D eigenvalue weighted by atomic mass is 10.1. The molecule has 2 rings (SSSR count). The average Bonchev–Trinajstić information content (AvgIpc) is 3.18. The van der Waals surface area contributed by atoms with E-state index in [4.69, 9.17) is 23.2 Å². The first-order valence-corrected chi connectivity index (χ1v) is 11.7. The van der Waals surface area contributed by atoms with Gasteiger partial charge >= 0.3 is 0 Å². The Balaban J connectivity index is 1.94. The molecule has 7 heteroatoms. The van der Waals surface area contributed by atoms with Crippen molar-refractivity contribution < 1.29 is 4.79 Å². The fourth-order valence-corrected chi connectivity index (χ4v) is 3.98. The van der Waals surface area contributed by atoms with E-state index in [1.165, 1.54) is 38.5 Å². The lowest BCUT2D eigenvalue weighted by Crippen LogP contribution is -2.42. The minimum Gasteiger partial charge on any atom is -0.347 e. The standard InChI is InChI=1S/C23H34Cl2N4O/c1-4-6-8-12-29(13-9-7-5-2)16-17(3)26-23(30)22-15-21(27-28-22)19-11-10-18(24)14-20(19)25/h10-11,14-15,17H,4-9,12-13,16H2,1-3H3,(H,26,30)(H,27,28). The van der Waals surface area contributed by atoms with E-state index in [9.17, 15) is 4.79 Å². The summed E-state index contributed by atoms with van der Waals surface area (Å²) >= 11 is 12.2. The number of benzene rings is 1. The van der Waals surface area contributed by atoms with Crippen LogP contribution in [0.15, 0.2) is 24.3 Å². The fraction of sp³-hybridized carbons (Fsp3) is 0.565. The Labute approximate surface area is 190 Å². The maximum absolute atomic E-state index is 12.7. The minimum absolute atomic E-state index is 0.0478. The van der Waals surface area contributed by atoms with E-state index >= 15 is 0 Å². The van der Waals surface area contributed by atoms with Gasteiger partial charge in [0.25, 0.3) is 5.91 Å². The van der Waals surface area contributed by atoms with Gasteiger partial charge in [-0.2, -0.15) is 5.10 Å². The van der Waals surface area contributed by atoms with Crippen molar-refractivity contribution in [2.45, 2.75) is 65.3 Å². The minimum atomic E-state index is -0.159. The lowest BCUT2D eigenvalue weighted by Gasteiger charge is -2.26. The Morgan fingerprint density at radius 3 is 2.37 bits per heavy atom. The second-order valence-corrected chi connectivity index (χ2v) is 8.72. The van der Waals surface area contributed by atoms with Crippen LogP contribution in [0.5, 0.6) is 0 Å². The number of carbonyl (C=O) groups excluding carboxylic acids is 1. The molecule has 2 aromatic rings. The van der Waals surface area contributed by atoms with Crippen LogP contribution in [-0.4, -0.2) is 46.7 Å². The molecule has 0 fully saturated rings. The first-order valence-electron chi connectivity index (χ1n) is 11.0. The van der Waals surface area contributed by atoms with Crippen LogP contribution < -0.4 is 5.32 Å². The monoisotopic (exact) mass is 452 g/mol. The van der Waals surface area contributed by atoms with Crippen molar-refractivity contribution in [2.24, 2.45) is 0 Å². The van der Waals surface area contributed by atoms with Crippen molar-refractivity contribution in [1.29, 1.82) is 0 Å². The number of H-pyrrole nitrogens is 1. The highest BCUT2D eigenvalue weighted by atomic mass is 35.5. The maximum Gasteiger partial charge on any atom is 0.269 e. The zero-order valence-corrected chi connectivity index (χ0v) is 19.8. The van der Waals surface area contributed by atoms with Gasteiger partial charge in [-0.1, -0.05) is 62.7 Å². The number of hydrogen-bond acceptors (Lipinski definition) is 3. The van der Waals surface area contributed by atoms with Crippen LogP contribution >= 0.6 is 23.2 Å². The number of halogens is 2. The van der Waals surface area contributed by atoms with Crippen molar-refractivity contribution in [3.05, 3.63) is 40.0 Å². The number of unbranched alkanes of at least 4 members (excludes halogenated alkanes) is 4. The molecule has 1 aromatic heterocycles. The summed E-state index contributed by atoms with van der Waals surface area (Å²) in [5.41, 5.74) is 1.78. The predicted molar refractivity (Wildman–Crippen MR) is 126 cm³/mol. The number of rotatable bonds is 13. The van der Waals surface area contributed by atoms with E-state index in [-0.39, 0.29) is 11.9 Å². The van der Waals surface area contributed by atoms with E-state index in [0.29, 0.717) is 21.4 Å². The molecule has 0 aliphatic rings. The lowest BCUT2D eigenvalue weighted by molar-refractivity contribution is 0.0923. The van der Waals surface area contributed by atoms with Gasteiger partial charge in [-0.3, -0.25) is 9.89 Å². The second-order valence-electron chi connectivity index (χ2n) is 7.88. The van der Waals surface area contributed by atoms with E-state index < -0.39 is 0 Å². The number of amides is 1. The summed E-state index contributed by atoms with van der Waals surface area (Å²) in [6.45, 7) is 9.52. The second kappa shape index (κ2) is 13.0. The molecule has 5 nitrogen and oxygen atoms in total. The maximum atomic E-state index is 12.7. The molecular weight excluding hydrogens is 419 g/mol. The van der Waals surface area contributed by atoms with Gasteiger partial charge in [0, 0.05) is 23.2 Å². The van der Waals surface area contributed by atoms with E-state index in [0.717, 1.165) is 25.2 Å². The van der Waals surface area contributed by atoms with Gasteiger partial charge in [0.1, 0.15) is 5.69 Å². The SMILES string of the molecule is CCCCCN(CCCCC)CC(C)NC(=O)c1cc(-c2ccc(Cl)cc2Cl)n[nH]1. The normalized spacial score (nSPS) is 12.3. The number of aromatic amines is 1. The Kier molecular flexibility index (Phi) is 10.7. The summed E-state index contributed by atoms with van der Waals surface area (Å²) in [6, 6.07) is 6.99. The van der Waals surface area contributed by atoms with Crippen LogP contribution in [0.25, 0.3) is 11.3 Å². The first-order chi connectivity index (χ1) is 14.4. The smallest absolute Gasteiger partial charge is 0.269 e. The molecule has 1 heterocycles. The van der Waals surface area contributed by atoms with Crippen molar-refractivity contribution in [3.63, 3.8) is 0 Å². The average molecular weight is 453 g/mol. The molecule has 1 amide bonds. The summed E-state index contributed by atoms with van der Waals surface area (Å²) in [7, 11) is 0. The van der Waals surface area contributed by atoms with Crippen LogP contribution in [-0.2, 0) is 0 Å². The van der Waals surface area contributed by atoms with Crippen LogP contribution in [0.2, 0.25) is 10.0 Å². The number of aromatic nitrogens is 2. The fourth-order valence-electron chi connectivity index (χ4n) is 3.47. The molecule has 30 heavy (non-hydrogen) atoms. The van der Waals surface area contributed by atoms with Gasteiger partial charge in [0.05, 0.1) is 10.7 Å². The highest BCUT2D eigenvalue weighted by molar-refractivity contribution is 6.36. The molecule has 0 bridgehead atoms. The predicted octanol–water partition coefficient (Wildman–Crippen LogP) is 6.18. The third-order valence-electron chi connectivity index (χ3n) is 5.09. The van der Waals surface area contributed by atoms with Crippen molar-refractivity contribution in [3.8, 4) is 11.3 Å². The molecule has 0 radical (unpaired) electrons. The third kappa shape index (κ3) is 7.93. The molecule has 0 saturated carbocycles. The molecule has 166 valence electrons. The highest BCUT2D eigenvalue weighted by Gasteiger charge is 2.17. The van der Waals surface area contributed by atoms with Crippen LogP contribution in [0.4, 0.5) is 0 Å². The molecule has 0 aliphatic heterocycles. The Morgan fingerprint density at radius 2 is 1.77 bits per heavy atom. The van der Waals surface area contributed by atoms with Gasteiger partial charge in [-0.05, 0) is 57.1 Å². The summed E-state index contributed by atoms with van der Waals surface area (Å²) in [4.78, 5) is 15.2. The summed E-state index contributed by atoms with van der Waals surface area (Å²) in [5.74, 6) is -0.159. The van der Waals surface area contributed by atoms with Gasteiger partial charge in [0.2, 0.25) is 0 Å². The molecule has 0 aliphatic carbocycles. The molecule has 1 aromatic carbocycles. The van der Waals surface area contributed by atoms with Gasteiger partial charge < -0.3 is 10.2 Å². The van der Waals surface area contributed by atoms with E-state index in [1.54, 1.807) is 24.3 Å². The topological polar surface area (TPSA) is 61.0 Å². The zero-order valence-electron chi connectivity index (χ0n) is 18.3. The number of nitrogens with zero attached hydrogens (tertiary/aromatic N) is 2. The van der Waals surface area contributed by atoms with Crippen molar-refractivity contribution in [1.82, 2.24) is 20.4 Å². The Morgan fingerprint density at radius 1 is 1.10 bits per heavy atom. The number of nitrogens with one attached hydrogen (secondary N) is 2. The molecule has 1 atom stereocenters. The summed E-state index contributed by atoms with van der Waals surface area (Å²) < 4.78 is 0. The Hall–Kier alpha value is -1.56. The van der Waals surface area contributed by atoms with Crippen LogP contribution in [0.3, 0.4) is 0 Å². The third-order valence-corrected chi connectivity index (χ3v) is 5.64. The summed E-state index contributed by atoms with van der Waals surface area (Å²) in [6.07, 6.45) is 7.33. The van der Waals surface area contributed by atoms with Crippen LogP contribution in [0.1, 0.15) is 69.8 Å². The van der Waals surface area contributed by atoms with Crippen molar-refractivity contribution >= 4 is 29.1 Å². The van der Waals surface area contributed by atoms with E-state index in [2.05, 4.69) is 41.2 Å². The quantitative estimate of drug-likeness (QED) is 0.356. The van der Waals surface area contributed by atoms with Gasteiger partial charge in [0.15, 0.2) is 0 Å². The van der Waals surface area contributed by atoms with Crippen LogP contribution in [0, 0.1) is 0 Å².